The minimum absolute atomic E-state index is 0.650. The third kappa shape index (κ3) is 5.16. The molecule has 0 saturated carbocycles. The van der Waals surface area contributed by atoms with Gasteiger partial charge in [0.2, 0.25) is 0 Å². The third-order valence-electron chi connectivity index (χ3n) is 13.8. The van der Waals surface area contributed by atoms with Gasteiger partial charge in [-0.1, -0.05) is 133 Å². The van der Waals surface area contributed by atoms with Crippen LogP contribution in [0.4, 0.5) is 0 Å². The smallest absolute Gasteiger partial charge is 0.161 e. The monoisotopic (exact) mass is 840 g/mol. The molecule has 2 aliphatic carbocycles. The summed E-state index contributed by atoms with van der Waals surface area (Å²) in [5, 5.41) is 6.63. The van der Waals surface area contributed by atoms with Gasteiger partial charge in [-0.15, -0.1) is 0 Å². The van der Waals surface area contributed by atoms with E-state index in [-0.39, 0.29) is 0 Å². The Hall–Kier alpha value is -8.80. The van der Waals surface area contributed by atoms with Crippen molar-refractivity contribution in [3.05, 3.63) is 223 Å². The standard InChI is InChI=1S/C61H34N3O2/c1-3-12-35(13-4-1)36-22-26-41-46-34-49(46)60-58(48(41)31-36)59(39-23-27-44-43-17-8-10-20-53(43)66-56(44)33-39)62-61(63-60)45-18-11-21-55-57(45)50-32-38(25-29-54(50)65-55)37-24-28-52-47(30-37)42-16-7-9-19-51(42)64(52)40-14-5-2-6-15-40/h1-34H. The molecule has 0 fully saturated rings. The minimum atomic E-state index is 0.650. The van der Waals surface area contributed by atoms with Crippen LogP contribution in [0.25, 0.3) is 133 Å². The second-order valence-corrected chi connectivity index (χ2v) is 17.4. The van der Waals surface area contributed by atoms with Crippen LogP contribution in [0.1, 0.15) is 11.3 Å². The van der Waals surface area contributed by atoms with Gasteiger partial charge in [0.05, 0.1) is 28.3 Å². The summed E-state index contributed by atoms with van der Waals surface area (Å²) in [4.78, 5) is 11.1. The van der Waals surface area contributed by atoms with Crippen LogP contribution in [0.15, 0.2) is 215 Å². The van der Waals surface area contributed by atoms with Crippen molar-refractivity contribution in [1.29, 1.82) is 0 Å². The first-order valence-electron chi connectivity index (χ1n) is 22.4. The molecular weight excluding hydrogens is 807 g/mol. The predicted molar refractivity (Wildman–Crippen MR) is 268 cm³/mol. The maximum absolute atomic E-state index is 6.63. The molecule has 0 atom stereocenters. The van der Waals surface area contributed by atoms with Gasteiger partial charge in [-0.05, 0) is 112 Å². The van der Waals surface area contributed by atoms with E-state index in [1.165, 1.54) is 38.9 Å². The fourth-order valence-corrected chi connectivity index (χ4v) is 10.6. The Kier molecular flexibility index (Phi) is 7.22. The number of furan rings is 2. The van der Waals surface area contributed by atoms with Crippen LogP contribution in [-0.2, 0) is 0 Å². The molecule has 5 heteroatoms. The SMILES string of the molecule is C1=C2[C]1c1ccc(-c3ccccc3)cc1-c1c2nc(-c2cccc3oc4ccc(-c5ccc6c(c5)c5ccccc5n6-c5ccccc5)cc4c23)nc1-c1ccc2c(c1)oc1ccccc12. The number of rotatable bonds is 5. The Morgan fingerprint density at radius 2 is 1.02 bits per heavy atom. The van der Waals surface area contributed by atoms with Crippen LogP contribution in [0.2, 0.25) is 0 Å². The molecule has 0 aliphatic heterocycles. The zero-order valence-corrected chi connectivity index (χ0v) is 35.3. The van der Waals surface area contributed by atoms with E-state index in [1.807, 2.05) is 12.1 Å². The molecule has 305 valence electrons. The van der Waals surface area contributed by atoms with Crippen LogP contribution in [0, 0.1) is 5.92 Å². The Morgan fingerprint density at radius 1 is 0.364 bits per heavy atom. The summed E-state index contributed by atoms with van der Waals surface area (Å²) in [6, 6.07) is 71.0. The second kappa shape index (κ2) is 13.4. The molecule has 0 N–H and O–H groups in total. The van der Waals surface area contributed by atoms with Crippen LogP contribution in [0.3, 0.4) is 0 Å². The normalized spacial score (nSPS) is 13.2. The molecule has 15 rings (SSSR count). The molecule has 0 spiro atoms. The van der Waals surface area contributed by atoms with Gasteiger partial charge in [-0.2, -0.15) is 0 Å². The highest BCUT2D eigenvalue weighted by molar-refractivity contribution is 6.16. The molecule has 66 heavy (non-hydrogen) atoms. The number of para-hydroxylation sites is 3. The highest BCUT2D eigenvalue weighted by atomic mass is 16.3. The van der Waals surface area contributed by atoms with E-state index in [2.05, 4.69) is 199 Å². The van der Waals surface area contributed by atoms with Gasteiger partial charge >= 0.3 is 0 Å². The summed E-state index contributed by atoms with van der Waals surface area (Å²) in [5.74, 6) is 1.89. The first kappa shape index (κ1) is 35.6. The summed E-state index contributed by atoms with van der Waals surface area (Å²) in [6.07, 6.45) is 2.27. The molecule has 9 aromatic carbocycles. The van der Waals surface area contributed by atoms with E-state index in [9.17, 15) is 0 Å². The lowest BCUT2D eigenvalue weighted by Crippen LogP contribution is -2.07. The Balaban J connectivity index is 0.938. The molecule has 1 radical (unpaired) electrons. The van der Waals surface area contributed by atoms with Gasteiger partial charge in [0, 0.05) is 54.7 Å². The van der Waals surface area contributed by atoms with Crippen molar-refractivity contribution in [2.45, 2.75) is 0 Å². The molecular formula is C61H34N3O2. The van der Waals surface area contributed by atoms with Gasteiger partial charge < -0.3 is 13.4 Å². The summed E-state index contributed by atoms with van der Waals surface area (Å²) >= 11 is 0. The lowest BCUT2D eigenvalue weighted by molar-refractivity contribution is 0.668. The number of fused-ring (bicyclic) bond motifs is 15. The van der Waals surface area contributed by atoms with Gasteiger partial charge in [0.25, 0.3) is 0 Å². The molecule has 0 unspecified atom stereocenters. The van der Waals surface area contributed by atoms with Gasteiger partial charge in [0.15, 0.2) is 5.82 Å². The quantitative estimate of drug-likeness (QED) is 0.173. The van der Waals surface area contributed by atoms with E-state index >= 15 is 0 Å². The average Bonchev–Trinajstić information content (AvgIpc) is 3.83. The molecule has 4 heterocycles. The van der Waals surface area contributed by atoms with E-state index < -0.39 is 0 Å². The number of hydrogen-bond donors (Lipinski definition) is 0. The summed E-state index contributed by atoms with van der Waals surface area (Å²) in [6.45, 7) is 0. The van der Waals surface area contributed by atoms with E-state index in [0.29, 0.717) is 5.82 Å². The predicted octanol–water partition coefficient (Wildman–Crippen LogP) is 16.0. The molecule has 0 amide bonds. The maximum atomic E-state index is 6.63. The van der Waals surface area contributed by atoms with Crippen molar-refractivity contribution >= 4 is 71.3 Å². The van der Waals surface area contributed by atoms with Crippen LogP contribution in [0.5, 0.6) is 0 Å². The number of aromatic nitrogens is 3. The number of nitrogens with zero attached hydrogens (tertiary/aromatic N) is 3. The maximum Gasteiger partial charge on any atom is 0.161 e. The number of benzene rings is 9. The minimum Gasteiger partial charge on any atom is -0.456 e. The number of hydrogen-bond acceptors (Lipinski definition) is 4. The lowest BCUT2D eigenvalue weighted by Gasteiger charge is -2.23. The molecule has 2 aliphatic rings. The Labute approximate surface area is 378 Å². The van der Waals surface area contributed by atoms with Crippen molar-refractivity contribution < 1.29 is 8.83 Å². The van der Waals surface area contributed by atoms with E-state index in [0.717, 1.165) is 105 Å². The van der Waals surface area contributed by atoms with Crippen LogP contribution >= 0.6 is 0 Å². The van der Waals surface area contributed by atoms with Crippen molar-refractivity contribution in [2.24, 2.45) is 0 Å². The van der Waals surface area contributed by atoms with Gasteiger partial charge in [-0.3, -0.25) is 0 Å². The first-order chi connectivity index (χ1) is 32.7. The van der Waals surface area contributed by atoms with Crippen LogP contribution < -0.4 is 0 Å². The summed E-state index contributed by atoms with van der Waals surface area (Å²) in [5.41, 5.74) is 19.6. The highest BCUT2D eigenvalue weighted by Gasteiger charge is 2.41. The highest BCUT2D eigenvalue weighted by Crippen LogP contribution is 2.57. The second-order valence-electron chi connectivity index (χ2n) is 17.4. The summed E-state index contributed by atoms with van der Waals surface area (Å²) in [7, 11) is 0. The molecule has 5 nitrogen and oxygen atoms in total. The summed E-state index contributed by atoms with van der Waals surface area (Å²) < 4.78 is 15.5. The van der Waals surface area contributed by atoms with Crippen molar-refractivity contribution in [3.8, 4) is 61.7 Å². The lowest BCUT2D eigenvalue weighted by atomic mass is 9.83. The number of allylic oxidation sites excluding steroid dienone is 2. The Bertz CT molecular complexity index is 4230. The fourth-order valence-electron chi connectivity index (χ4n) is 10.6. The van der Waals surface area contributed by atoms with Crippen molar-refractivity contribution in [3.63, 3.8) is 0 Å². The molecule has 0 saturated heterocycles. The first-order valence-corrected chi connectivity index (χ1v) is 22.4. The zero-order valence-electron chi connectivity index (χ0n) is 35.3. The van der Waals surface area contributed by atoms with Crippen molar-refractivity contribution in [1.82, 2.24) is 14.5 Å². The van der Waals surface area contributed by atoms with Crippen LogP contribution in [-0.4, -0.2) is 14.5 Å². The van der Waals surface area contributed by atoms with Gasteiger partial charge in [0.1, 0.15) is 22.3 Å². The molecule has 13 aromatic rings. The molecule has 4 aromatic heterocycles. The molecule has 0 bridgehead atoms. The largest absolute Gasteiger partial charge is 0.456 e. The fraction of sp³-hybridized carbons (Fsp3) is 0. The third-order valence-corrected chi connectivity index (χ3v) is 13.8. The van der Waals surface area contributed by atoms with E-state index in [4.69, 9.17) is 18.8 Å². The van der Waals surface area contributed by atoms with E-state index in [1.54, 1.807) is 0 Å². The topological polar surface area (TPSA) is 57.0 Å². The van der Waals surface area contributed by atoms with Crippen molar-refractivity contribution in [2.75, 3.05) is 0 Å². The Morgan fingerprint density at radius 3 is 1.91 bits per heavy atom. The zero-order chi connectivity index (χ0) is 43.0. The van der Waals surface area contributed by atoms with Gasteiger partial charge in [-0.25, -0.2) is 9.97 Å². The average molecular weight is 841 g/mol.